The standard InChI is InChI=1S/C25H32Cl2O7/c1-31-23-13-17(5-7-21(23)33-11-3-9-26)19(15-28)25(30)20(16-29)18-6-8-22(24(14-18)32-2)34-12-4-10-27/h5-8,13-14,19-20,28-29H,3-4,9-12,15-16H2,1-2H3. The molecule has 0 saturated heterocycles. The predicted octanol–water partition coefficient (Wildman–Crippen LogP) is 4.14. The van der Waals surface area contributed by atoms with Crippen molar-refractivity contribution < 1.29 is 34.0 Å². The van der Waals surface area contributed by atoms with E-state index in [-0.39, 0.29) is 5.78 Å². The first-order chi connectivity index (χ1) is 16.5. The second-order valence-corrected chi connectivity index (χ2v) is 8.23. The van der Waals surface area contributed by atoms with E-state index in [1.54, 1.807) is 36.4 Å². The number of hydrogen-bond acceptors (Lipinski definition) is 7. The lowest BCUT2D eigenvalue weighted by molar-refractivity contribution is -0.123. The summed E-state index contributed by atoms with van der Waals surface area (Å²) < 4.78 is 22.2. The highest BCUT2D eigenvalue weighted by Crippen LogP contribution is 2.36. The average Bonchev–Trinajstić information content (AvgIpc) is 2.86. The van der Waals surface area contributed by atoms with E-state index in [1.807, 2.05) is 0 Å². The highest BCUT2D eigenvalue weighted by Gasteiger charge is 2.30. The van der Waals surface area contributed by atoms with Crippen LogP contribution in [0.4, 0.5) is 0 Å². The third-order valence-corrected chi connectivity index (χ3v) is 5.84. The van der Waals surface area contributed by atoms with Gasteiger partial charge >= 0.3 is 0 Å². The zero-order valence-electron chi connectivity index (χ0n) is 19.5. The number of rotatable bonds is 16. The summed E-state index contributed by atoms with van der Waals surface area (Å²) in [5.41, 5.74) is 1.11. The van der Waals surface area contributed by atoms with E-state index in [2.05, 4.69) is 0 Å². The molecule has 0 fully saturated rings. The zero-order valence-corrected chi connectivity index (χ0v) is 21.0. The Balaban J connectivity index is 2.28. The maximum atomic E-state index is 13.4. The van der Waals surface area contributed by atoms with E-state index in [0.717, 1.165) is 0 Å². The van der Waals surface area contributed by atoms with E-state index in [9.17, 15) is 15.0 Å². The molecule has 2 N–H and O–H groups in total. The van der Waals surface area contributed by atoms with Gasteiger partial charge in [0.2, 0.25) is 0 Å². The van der Waals surface area contributed by atoms with Crippen LogP contribution in [0.25, 0.3) is 0 Å². The summed E-state index contributed by atoms with van der Waals surface area (Å²) >= 11 is 11.4. The Hall–Kier alpha value is -2.19. The maximum Gasteiger partial charge on any atom is 0.161 e. The summed E-state index contributed by atoms with van der Waals surface area (Å²) in [7, 11) is 3.01. The zero-order chi connectivity index (χ0) is 24.9. The van der Waals surface area contributed by atoms with E-state index in [1.165, 1.54) is 14.2 Å². The molecule has 9 heteroatoms. The molecule has 0 aliphatic carbocycles. The van der Waals surface area contributed by atoms with E-state index in [4.69, 9.17) is 42.1 Å². The second-order valence-electron chi connectivity index (χ2n) is 7.48. The molecule has 0 saturated carbocycles. The highest BCUT2D eigenvalue weighted by molar-refractivity contribution is 6.18. The van der Waals surface area contributed by atoms with Gasteiger partial charge in [-0.05, 0) is 48.2 Å². The second kappa shape index (κ2) is 14.9. The lowest BCUT2D eigenvalue weighted by Gasteiger charge is -2.22. The van der Waals surface area contributed by atoms with E-state index < -0.39 is 25.0 Å². The molecule has 2 aromatic carbocycles. The van der Waals surface area contributed by atoms with Crippen LogP contribution < -0.4 is 18.9 Å². The van der Waals surface area contributed by atoms with Crippen LogP contribution >= 0.6 is 23.2 Å². The highest BCUT2D eigenvalue weighted by atomic mass is 35.5. The van der Waals surface area contributed by atoms with Crippen LogP contribution in [0, 0.1) is 0 Å². The molecule has 7 nitrogen and oxygen atoms in total. The molecule has 0 spiro atoms. The Bertz CT molecular complexity index is 835. The quantitative estimate of drug-likeness (QED) is 0.256. The fourth-order valence-corrected chi connectivity index (χ4v) is 3.69. The van der Waals surface area contributed by atoms with Crippen molar-refractivity contribution in [3.8, 4) is 23.0 Å². The fraction of sp³-hybridized carbons (Fsp3) is 0.480. The van der Waals surface area contributed by atoms with Gasteiger partial charge in [-0.1, -0.05) is 12.1 Å². The van der Waals surface area contributed by atoms with Crippen molar-refractivity contribution in [3.05, 3.63) is 47.5 Å². The van der Waals surface area contributed by atoms with Crippen molar-refractivity contribution in [1.82, 2.24) is 0 Å². The molecule has 0 radical (unpaired) electrons. The number of benzene rings is 2. The van der Waals surface area contributed by atoms with Crippen LogP contribution in [0.15, 0.2) is 36.4 Å². The van der Waals surface area contributed by atoms with Gasteiger partial charge in [0.1, 0.15) is 0 Å². The van der Waals surface area contributed by atoms with Crippen molar-refractivity contribution >= 4 is 29.0 Å². The number of alkyl halides is 2. The summed E-state index contributed by atoms with van der Waals surface area (Å²) in [6.45, 7) is 0.00648. The molecule has 188 valence electrons. The van der Waals surface area contributed by atoms with Gasteiger partial charge in [-0.15, -0.1) is 23.2 Å². The number of Topliss-reactive ketones (excluding diaryl/α,β-unsaturated/α-hetero) is 1. The van der Waals surface area contributed by atoms with Crippen molar-refractivity contribution in [3.63, 3.8) is 0 Å². The molecule has 2 rings (SSSR count). The molecule has 0 amide bonds. The Labute approximate surface area is 210 Å². The van der Waals surface area contributed by atoms with Gasteiger partial charge in [0.15, 0.2) is 28.8 Å². The number of methoxy groups -OCH3 is 2. The van der Waals surface area contributed by atoms with Gasteiger partial charge in [-0.25, -0.2) is 0 Å². The van der Waals surface area contributed by atoms with Crippen LogP contribution in [0.2, 0.25) is 0 Å². The molecule has 0 aromatic heterocycles. The van der Waals surface area contributed by atoms with Gasteiger partial charge in [0.05, 0.1) is 52.5 Å². The molecule has 2 unspecified atom stereocenters. The third-order valence-electron chi connectivity index (χ3n) is 5.30. The minimum absolute atomic E-state index is 0.333. The van der Waals surface area contributed by atoms with Crippen molar-refractivity contribution in [2.24, 2.45) is 0 Å². The summed E-state index contributed by atoms with van der Waals surface area (Å²) in [6, 6.07) is 10.1. The fourth-order valence-electron chi connectivity index (χ4n) is 3.48. The normalized spacial score (nSPS) is 12.6. The van der Waals surface area contributed by atoms with Crippen LogP contribution in [-0.4, -0.2) is 68.4 Å². The van der Waals surface area contributed by atoms with Crippen molar-refractivity contribution in [1.29, 1.82) is 0 Å². The van der Waals surface area contributed by atoms with Crippen molar-refractivity contribution in [2.75, 3.05) is 52.4 Å². The lowest BCUT2D eigenvalue weighted by Crippen LogP contribution is -2.26. The Morgan fingerprint density at radius 2 is 1.18 bits per heavy atom. The van der Waals surface area contributed by atoms with Gasteiger partial charge in [0, 0.05) is 11.8 Å². The van der Waals surface area contributed by atoms with E-state index in [0.29, 0.717) is 71.9 Å². The van der Waals surface area contributed by atoms with Gasteiger partial charge < -0.3 is 29.2 Å². The predicted molar refractivity (Wildman–Crippen MR) is 132 cm³/mol. The molecular formula is C25H32Cl2O7. The molecule has 0 bridgehead atoms. The molecule has 0 heterocycles. The molecule has 0 aliphatic rings. The molecule has 0 aliphatic heterocycles. The summed E-state index contributed by atoms with van der Waals surface area (Å²) in [4.78, 5) is 13.4. The first-order valence-electron chi connectivity index (χ1n) is 11.0. The molecular weight excluding hydrogens is 483 g/mol. The molecule has 34 heavy (non-hydrogen) atoms. The van der Waals surface area contributed by atoms with Gasteiger partial charge in [0.25, 0.3) is 0 Å². The first kappa shape index (κ1) is 28.1. The average molecular weight is 515 g/mol. The topological polar surface area (TPSA) is 94.5 Å². The Morgan fingerprint density at radius 1 is 0.765 bits per heavy atom. The number of ether oxygens (including phenoxy) is 4. The number of hydrogen-bond donors (Lipinski definition) is 2. The lowest BCUT2D eigenvalue weighted by atomic mass is 9.84. The number of ketones is 1. The Morgan fingerprint density at radius 3 is 1.50 bits per heavy atom. The SMILES string of the molecule is COc1cc(C(CO)C(=O)C(CO)c2ccc(OCCCCl)c(OC)c2)ccc1OCCCCl. The minimum atomic E-state index is -0.867. The number of aliphatic hydroxyl groups excluding tert-OH is 2. The van der Waals surface area contributed by atoms with Crippen LogP contribution in [0.3, 0.4) is 0 Å². The summed E-state index contributed by atoms with van der Waals surface area (Å²) in [6.07, 6.45) is 1.37. The van der Waals surface area contributed by atoms with Gasteiger partial charge in [-0.2, -0.15) is 0 Å². The summed E-state index contributed by atoms with van der Waals surface area (Å²) in [5.74, 6) is 0.827. The maximum absolute atomic E-state index is 13.4. The smallest absolute Gasteiger partial charge is 0.161 e. The van der Waals surface area contributed by atoms with E-state index >= 15 is 0 Å². The van der Waals surface area contributed by atoms with Crippen LogP contribution in [0.1, 0.15) is 35.8 Å². The summed E-state index contributed by atoms with van der Waals surface area (Å²) in [5, 5.41) is 20.1. The minimum Gasteiger partial charge on any atom is -0.493 e. The van der Waals surface area contributed by atoms with Crippen molar-refractivity contribution in [2.45, 2.75) is 24.7 Å². The molecule has 2 atom stereocenters. The van der Waals surface area contributed by atoms with Gasteiger partial charge in [-0.3, -0.25) is 4.79 Å². The van der Waals surface area contributed by atoms with Crippen LogP contribution in [-0.2, 0) is 4.79 Å². The first-order valence-corrected chi connectivity index (χ1v) is 12.1. The Kier molecular flexibility index (Phi) is 12.3. The number of carbonyl (C=O) groups excluding carboxylic acids is 1. The number of halogens is 2. The third kappa shape index (κ3) is 7.40. The molecule has 2 aromatic rings. The largest absolute Gasteiger partial charge is 0.493 e. The van der Waals surface area contributed by atoms with Crippen LogP contribution in [0.5, 0.6) is 23.0 Å². The monoisotopic (exact) mass is 514 g/mol. The number of aliphatic hydroxyl groups is 2. The number of carbonyl (C=O) groups is 1.